The van der Waals surface area contributed by atoms with Crippen LogP contribution in [0.4, 0.5) is 5.69 Å². The molecule has 0 unspecified atom stereocenters. The van der Waals surface area contributed by atoms with Crippen molar-refractivity contribution in [3.63, 3.8) is 0 Å². The Morgan fingerprint density at radius 3 is 2.59 bits per heavy atom. The number of benzene rings is 2. The predicted molar refractivity (Wildman–Crippen MR) is 95.1 cm³/mol. The van der Waals surface area contributed by atoms with E-state index in [1.54, 1.807) is 7.11 Å². The third kappa shape index (κ3) is 3.95. The van der Waals surface area contributed by atoms with Gasteiger partial charge in [0.15, 0.2) is 11.5 Å². The molecule has 0 saturated carbocycles. The summed E-state index contributed by atoms with van der Waals surface area (Å²) in [7, 11) is 1.65. The van der Waals surface area contributed by atoms with Gasteiger partial charge in [0.25, 0.3) is 0 Å². The first-order valence-electron chi connectivity index (χ1n) is 7.35. The summed E-state index contributed by atoms with van der Waals surface area (Å²) < 4.78 is 12.0. The molecule has 0 atom stereocenters. The molecule has 4 heteroatoms. The second kappa shape index (κ2) is 7.54. The normalized spacial score (nSPS) is 10.4. The van der Waals surface area contributed by atoms with E-state index in [1.807, 2.05) is 13.0 Å². The highest BCUT2D eigenvalue weighted by atomic mass is 79.9. The summed E-state index contributed by atoms with van der Waals surface area (Å²) in [5.41, 5.74) is 4.78. The number of nitrogens with one attached hydrogen (secondary N) is 1. The lowest BCUT2D eigenvalue weighted by molar-refractivity contribution is 0.309. The van der Waals surface area contributed by atoms with Gasteiger partial charge >= 0.3 is 0 Å². The van der Waals surface area contributed by atoms with Gasteiger partial charge in [0, 0.05) is 12.2 Å². The van der Waals surface area contributed by atoms with E-state index in [2.05, 4.69) is 59.4 Å². The van der Waals surface area contributed by atoms with Crippen molar-refractivity contribution >= 4 is 21.6 Å². The van der Waals surface area contributed by atoms with E-state index in [0.29, 0.717) is 6.61 Å². The number of hydrogen-bond acceptors (Lipinski definition) is 3. The molecule has 0 fully saturated rings. The van der Waals surface area contributed by atoms with Crippen molar-refractivity contribution in [1.82, 2.24) is 0 Å². The first kappa shape index (κ1) is 16.7. The molecule has 1 N–H and O–H groups in total. The highest BCUT2D eigenvalue weighted by molar-refractivity contribution is 9.10. The Morgan fingerprint density at radius 2 is 1.91 bits per heavy atom. The first-order valence-corrected chi connectivity index (χ1v) is 8.14. The maximum atomic E-state index is 5.66. The standard InChI is InChI=1S/C18H22BrNO2/c1-5-22-17-10-14(9-15(19)18(17)21-4)11-20-16-8-12(2)6-7-13(16)3/h6-10,20H,5,11H2,1-4H3. The minimum absolute atomic E-state index is 0.608. The van der Waals surface area contributed by atoms with Crippen LogP contribution in [0.25, 0.3) is 0 Å². The van der Waals surface area contributed by atoms with E-state index in [0.717, 1.165) is 33.8 Å². The van der Waals surface area contributed by atoms with Crippen molar-refractivity contribution < 1.29 is 9.47 Å². The lowest BCUT2D eigenvalue weighted by Gasteiger charge is -2.15. The summed E-state index contributed by atoms with van der Waals surface area (Å²) in [6.45, 7) is 7.51. The Bertz CT molecular complexity index is 656. The summed E-state index contributed by atoms with van der Waals surface area (Å²) in [6, 6.07) is 10.5. The third-order valence-corrected chi connectivity index (χ3v) is 4.04. The predicted octanol–water partition coefficient (Wildman–Crippen LogP) is 5.09. The van der Waals surface area contributed by atoms with Gasteiger partial charge in [0.05, 0.1) is 18.2 Å². The van der Waals surface area contributed by atoms with Crippen molar-refractivity contribution in [1.29, 1.82) is 0 Å². The van der Waals surface area contributed by atoms with Gasteiger partial charge in [0.2, 0.25) is 0 Å². The maximum Gasteiger partial charge on any atom is 0.174 e. The summed E-state index contributed by atoms with van der Waals surface area (Å²) >= 11 is 3.55. The molecule has 0 amide bonds. The van der Waals surface area contributed by atoms with Crippen LogP contribution >= 0.6 is 15.9 Å². The smallest absolute Gasteiger partial charge is 0.174 e. The lowest BCUT2D eigenvalue weighted by atomic mass is 10.1. The fraction of sp³-hybridized carbons (Fsp3) is 0.333. The van der Waals surface area contributed by atoms with Crippen LogP contribution in [0, 0.1) is 13.8 Å². The second-order valence-electron chi connectivity index (χ2n) is 5.21. The molecule has 0 aliphatic heterocycles. The minimum atomic E-state index is 0.608. The van der Waals surface area contributed by atoms with Crippen molar-refractivity contribution in [2.45, 2.75) is 27.3 Å². The summed E-state index contributed by atoms with van der Waals surface area (Å²) in [4.78, 5) is 0. The number of aryl methyl sites for hydroxylation is 2. The largest absolute Gasteiger partial charge is 0.492 e. The van der Waals surface area contributed by atoms with Crippen molar-refractivity contribution in [3.8, 4) is 11.5 Å². The number of anilines is 1. The highest BCUT2D eigenvalue weighted by Crippen LogP contribution is 2.36. The van der Waals surface area contributed by atoms with Gasteiger partial charge in [-0.2, -0.15) is 0 Å². The number of hydrogen-bond donors (Lipinski definition) is 1. The van der Waals surface area contributed by atoms with Gasteiger partial charge in [-0.05, 0) is 71.6 Å². The molecule has 0 aliphatic rings. The Balaban J connectivity index is 2.21. The minimum Gasteiger partial charge on any atom is -0.492 e. The topological polar surface area (TPSA) is 30.5 Å². The van der Waals surface area contributed by atoms with Crippen molar-refractivity contribution in [2.24, 2.45) is 0 Å². The monoisotopic (exact) mass is 363 g/mol. The van der Waals surface area contributed by atoms with Crippen LogP contribution in [-0.4, -0.2) is 13.7 Å². The van der Waals surface area contributed by atoms with Crippen LogP contribution < -0.4 is 14.8 Å². The van der Waals surface area contributed by atoms with Crippen LogP contribution in [0.3, 0.4) is 0 Å². The highest BCUT2D eigenvalue weighted by Gasteiger charge is 2.11. The molecule has 0 heterocycles. The maximum absolute atomic E-state index is 5.66. The molecular weight excluding hydrogens is 342 g/mol. The molecule has 2 aromatic rings. The molecule has 0 aliphatic carbocycles. The average Bonchev–Trinajstić information content (AvgIpc) is 2.48. The molecule has 0 saturated heterocycles. The Kier molecular flexibility index (Phi) is 5.72. The molecule has 3 nitrogen and oxygen atoms in total. The van der Waals surface area contributed by atoms with Crippen LogP contribution in [-0.2, 0) is 6.54 Å². The van der Waals surface area contributed by atoms with Crippen LogP contribution in [0.2, 0.25) is 0 Å². The van der Waals surface area contributed by atoms with E-state index in [9.17, 15) is 0 Å². The second-order valence-corrected chi connectivity index (χ2v) is 6.07. The first-order chi connectivity index (χ1) is 10.5. The summed E-state index contributed by atoms with van der Waals surface area (Å²) in [5, 5.41) is 3.49. The molecular formula is C18H22BrNO2. The van der Waals surface area contributed by atoms with Gasteiger partial charge in [-0.15, -0.1) is 0 Å². The molecule has 0 aromatic heterocycles. The quantitative estimate of drug-likeness (QED) is 0.775. The van der Waals surface area contributed by atoms with Gasteiger partial charge in [-0.25, -0.2) is 0 Å². The van der Waals surface area contributed by atoms with E-state index in [4.69, 9.17) is 9.47 Å². The van der Waals surface area contributed by atoms with Gasteiger partial charge in [-0.1, -0.05) is 12.1 Å². The molecule has 0 bridgehead atoms. The number of rotatable bonds is 6. The van der Waals surface area contributed by atoms with Crippen LogP contribution in [0.1, 0.15) is 23.6 Å². The van der Waals surface area contributed by atoms with Crippen molar-refractivity contribution in [2.75, 3.05) is 19.0 Å². The van der Waals surface area contributed by atoms with Crippen LogP contribution in [0.5, 0.6) is 11.5 Å². The van der Waals surface area contributed by atoms with Gasteiger partial charge < -0.3 is 14.8 Å². The molecule has 2 rings (SSSR count). The van der Waals surface area contributed by atoms with Crippen molar-refractivity contribution in [3.05, 3.63) is 51.5 Å². The van der Waals surface area contributed by atoms with Crippen LogP contribution in [0.15, 0.2) is 34.8 Å². The Hall–Kier alpha value is -1.68. The fourth-order valence-corrected chi connectivity index (χ4v) is 2.96. The molecule has 0 radical (unpaired) electrons. The number of methoxy groups -OCH3 is 1. The zero-order valence-corrected chi connectivity index (χ0v) is 15.1. The van der Waals surface area contributed by atoms with E-state index < -0.39 is 0 Å². The molecule has 22 heavy (non-hydrogen) atoms. The molecule has 0 spiro atoms. The zero-order valence-electron chi connectivity index (χ0n) is 13.5. The average molecular weight is 364 g/mol. The van der Waals surface area contributed by atoms with E-state index >= 15 is 0 Å². The summed E-state index contributed by atoms with van der Waals surface area (Å²) in [6.07, 6.45) is 0. The lowest BCUT2D eigenvalue weighted by Crippen LogP contribution is -2.03. The summed E-state index contributed by atoms with van der Waals surface area (Å²) in [5.74, 6) is 1.49. The third-order valence-electron chi connectivity index (χ3n) is 3.45. The Morgan fingerprint density at radius 1 is 1.14 bits per heavy atom. The van der Waals surface area contributed by atoms with E-state index in [1.165, 1.54) is 11.1 Å². The number of ether oxygens (including phenoxy) is 2. The fourth-order valence-electron chi connectivity index (χ4n) is 2.31. The molecule has 118 valence electrons. The Labute approximate surface area is 140 Å². The molecule has 2 aromatic carbocycles. The van der Waals surface area contributed by atoms with E-state index in [-0.39, 0.29) is 0 Å². The zero-order chi connectivity index (χ0) is 16.1. The van der Waals surface area contributed by atoms with Gasteiger partial charge in [0.1, 0.15) is 0 Å². The number of halogens is 1. The SMILES string of the molecule is CCOc1cc(CNc2cc(C)ccc2C)cc(Br)c1OC. The van der Waals surface area contributed by atoms with Gasteiger partial charge in [-0.3, -0.25) is 0 Å².